The molecule has 1 aromatic carbocycles. The van der Waals surface area contributed by atoms with Crippen LogP contribution in [0.3, 0.4) is 0 Å². The smallest absolute Gasteiger partial charge is 0.151 e. The van der Waals surface area contributed by atoms with Crippen LogP contribution in [0.1, 0.15) is 11.1 Å². The molecule has 0 aliphatic rings. The second-order valence-electron chi connectivity index (χ2n) is 3.75. The Morgan fingerprint density at radius 2 is 1.37 bits per heavy atom. The third-order valence-corrected chi connectivity index (χ3v) is 3.73. The average molecular weight is 362 g/mol. The van der Waals surface area contributed by atoms with Crippen molar-refractivity contribution in [2.45, 2.75) is 12.8 Å². The molecule has 0 fully saturated rings. The first-order valence-electron chi connectivity index (χ1n) is 5.59. The monoisotopic (exact) mass is 361 g/mol. The number of nitrogens with two attached hydrogens (primary N) is 2. The van der Waals surface area contributed by atoms with Crippen LogP contribution >= 0.6 is 23.5 Å². The summed E-state index contributed by atoms with van der Waals surface area (Å²) in [6.07, 6.45) is 1.83. The van der Waals surface area contributed by atoms with E-state index in [-0.39, 0.29) is 27.3 Å². The van der Waals surface area contributed by atoms with Gasteiger partial charge in [0.1, 0.15) is 0 Å². The van der Waals surface area contributed by atoms with Gasteiger partial charge in [0, 0.05) is 11.5 Å². The Labute approximate surface area is 132 Å². The van der Waals surface area contributed by atoms with Gasteiger partial charge in [0.15, 0.2) is 10.3 Å². The van der Waals surface area contributed by atoms with Crippen LogP contribution in [0.4, 0.5) is 0 Å². The minimum absolute atomic E-state index is 0. The van der Waals surface area contributed by atoms with E-state index in [9.17, 15) is 0 Å². The number of thioether (sulfide) groups is 2. The van der Waals surface area contributed by atoms with Crippen molar-refractivity contribution >= 4 is 33.9 Å². The van der Waals surface area contributed by atoms with Gasteiger partial charge in [0.25, 0.3) is 0 Å². The molecular weight excluding hydrogens is 344 g/mol. The van der Waals surface area contributed by atoms with Gasteiger partial charge in [-0.2, -0.15) is 0 Å². The van der Waals surface area contributed by atoms with Crippen molar-refractivity contribution in [2.24, 2.45) is 11.5 Å². The molecule has 6 N–H and O–H groups in total. The zero-order valence-corrected chi connectivity index (χ0v) is 13.7. The SMILES string of the molecule is N=C(N)SCCc1cccc(CCSC(=N)N)c1.[Br-]. The van der Waals surface area contributed by atoms with Crippen molar-refractivity contribution in [2.75, 3.05) is 11.5 Å². The highest BCUT2D eigenvalue weighted by molar-refractivity contribution is 8.13. The summed E-state index contributed by atoms with van der Waals surface area (Å²) in [6.45, 7) is 0. The molecule has 19 heavy (non-hydrogen) atoms. The summed E-state index contributed by atoms with van der Waals surface area (Å²) < 4.78 is 0. The summed E-state index contributed by atoms with van der Waals surface area (Å²) in [7, 11) is 0. The number of aryl methyl sites for hydroxylation is 2. The maximum absolute atomic E-state index is 7.14. The van der Waals surface area contributed by atoms with E-state index in [1.165, 1.54) is 34.7 Å². The second-order valence-corrected chi connectivity index (χ2v) is 6.02. The van der Waals surface area contributed by atoms with Gasteiger partial charge in [0.05, 0.1) is 0 Å². The van der Waals surface area contributed by atoms with E-state index in [0.29, 0.717) is 0 Å². The highest BCUT2D eigenvalue weighted by Crippen LogP contribution is 2.12. The third-order valence-electron chi connectivity index (χ3n) is 2.29. The second kappa shape index (κ2) is 10.2. The summed E-state index contributed by atoms with van der Waals surface area (Å²) in [5, 5.41) is 14.6. The predicted molar refractivity (Wildman–Crippen MR) is 82.6 cm³/mol. The Morgan fingerprint density at radius 3 is 1.74 bits per heavy atom. The first-order chi connectivity index (χ1) is 8.58. The summed E-state index contributed by atoms with van der Waals surface area (Å²) >= 11 is 2.73. The lowest BCUT2D eigenvalue weighted by atomic mass is 10.1. The van der Waals surface area contributed by atoms with Crippen molar-refractivity contribution in [3.05, 3.63) is 35.4 Å². The van der Waals surface area contributed by atoms with Gasteiger partial charge < -0.3 is 28.4 Å². The molecule has 0 atom stereocenters. The van der Waals surface area contributed by atoms with Crippen LogP contribution in [0.2, 0.25) is 0 Å². The van der Waals surface area contributed by atoms with Crippen molar-refractivity contribution < 1.29 is 17.0 Å². The lowest BCUT2D eigenvalue weighted by Crippen LogP contribution is -3.00. The number of rotatable bonds is 6. The molecule has 0 aliphatic carbocycles. The van der Waals surface area contributed by atoms with Crippen LogP contribution in [0.5, 0.6) is 0 Å². The van der Waals surface area contributed by atoms with Crippen LogP contribution in [0.15, 0.2) is 24.3 Å². The molecule has 106 valence electrons. The molecule has 0 bridgehead atoms. The van der Waals surface area contributed by atoms with Crippen LogP contribution < -0.4 is 28.4 Å². The molecule has 0 saturated carbocycles. The molecule has 0 radical (unpaired) electrons. The minimum Gasteiger partial charge on any atom is -1.00 e. The fraction of sp³-hybridized carbons (Fsp3) is 0.333. The average Bonchev–Trinajstić information content (AvgIpc) is 2.28. The Morgan fingerprint density at radius 1 is 0.947 bits per heavy atom. The first-order valence-corrected chi connectivity index (χ1v) is 7.56. The summed E-state index contributed by atoms with van der Waals surface area (Å²) in [6, 6.07) is 8.38. The molecule has 4 nitrogen and oxygen atoms in total. The third kappa shape index (κ3) is 8.96. The lowest BCUT2D eigenvalue weighted by Gasteiger charge is -2.05. The summed E-state index contributed by atoms with van der Waals surface area (Å²) in [4.78, 5) is 0. The normalized spacial score (nSPS) is 9.68. The van der Waals surface area contributed by atoms with Gasteiger partial charge in [-0.25, -0.2) is 0 Å². The van der Waals surface area contributed by atoms with Gasteiger partial charge in [-0.15, -0.1) is 0 Å². The number of halogens is 1. The van der Waals surface area contributed by atoms with Gasteiger partial charge in [-0.1, -0.05) is 47.8 Å². The minimum atomic E-state index is 0. The standard InChI is InChI=1S/C12H18N4S2.BrH/c13-11(14)17-6-4-9-2-1-3-10(8-9)5-7-18-12(15)16;/h1-3,8H,4-7H2,(H3,13,14)(H3,15,16);1H/p-1. The summed E-state index contributed by atoms with van der Waals surface area (Å²) in [5.74, 6) is 1.67. The van der Waals surface area contributed by atoms with Crippen molar-refractivity contribution in [1.29, 1.82) is 10.8 Å². The zero-order valence-electron chi connectivity index (χ0n) is 10.5. The number of hydrogen-bond donors (Lipinski definition) is 4. The van der Waals surface area contributed by atoms with Crippen LogP contribution in [0, 0.1) is 10.8 Å². The molecule has 0 spiro atoms. The van der Waals surface area contributed by atoms with E-state index >= 15 is 0 Å². The Hall–Kier alpha value is -0.660. The number of hydrogen-bond acceptors (Lipinski definition) is 4. The van der Waals surface area contributed by atoms with Crippen LogP contribution in [-0.2, 0) is 12.8 Å². The largest absolute Gasteiger partial charge is 1.00 e. The fourth-order valence-corrected chi connectivity index (χ4v) is 2.61. The van der Waals surface area contributed by atoms with Gasteiger partial charge in [-0.05, 0) is 24.0 Å². The molecule has 7 heteroatoms. The van der Waals surface area contributed by atoms with E-state index in [4.69, 9.17) is 22.3 Å². The zero-order chi connectivity index (χ0) is 13.4. The molecule has 0 aliphatic heterocycles. The molecule has 0 unspecified atom stereocenters. The van der Waals surface area contributed by atoms with E-state index in [0.717, 1.165) is 24.3 Å². The first kappa shape index (κ1) is 18.3. The maximum atomic E-state index is 7.14. The van der Waals surface area contributed by atoms with E-state index in [1.807, 2.05) is 6.07 Å². The molecule has 1 aromatic rings. The number of nitrogens with one attached hydrogen (secondary N) is 2. The van der Waals surface area contributed by atoms with Gasteiger partial charge in [-0.3, -0.25) is 10.8 Å². The van der Waals surface area contributed by atoms with E-state index < -0.39 is 0 Å². The Kier molecular flexibility index (Phi) is 9.81. The van der Waals surface area contributed by atoms with Gasteiger partial charge in [0.2, 0.25) is 0 Å². The molecule has 1 rings (SSSR count). The molecule has 0 saturated heterocycles. The molecule has 0 aromatic heterocycles. The number of benzene rings is 1. The Balaban J connectivity index is 0.00000324. The highest BCUT2D eigenvalue weighted by Gasteiger charge is 1.99. The van der Waals surface area contributed by atoms with Crippen LogP contribution in [0.25, 0.3) is 0 Å². The van der Waals surface area contributed by atoms with Crippen molar-refractivity contribution in [3.63, 3.8) is 0 Å². The number of amidine groups is 2. The maximum Gasteiger partial charge on any atom is 0.151 e. The van der Waals surface area contributed by atoms with Gasteiger partial charge >= 0.3 is 0 Å². The van der Waals surface area contributed by atoms with E-state index in [1.54, 1.807) is 0 Å². The van der Waals surface area contributed by atoms with Crippen molar-refractivity contribution in [1.82, 2.24) is 0 Å². The molecule has 0 amide bonds. The predicted octanol–water partition coefficient (Wildman–Crippen LogP) is -0.971. The topological polar surface area (TPSA) is 99.7 Å². The fourth-order valence-electron chi connectivity index (χ4n) is 1.50. The van der Waals surface area contributed by atoms with E-state index in [2.05, 4.69) is 18.2 Å². The Bertz CT molecular complexity index is 391. The lowest BCUT2D eigenvalue weighted by molar-refractivity contribution is -0.00000430. The quantitative estimate of drug-likeness (QED) is 0.386. The highest BCUT2D eigenvalue weighted by atomic mass is 79.9. The van der Waals surface area contributed by atoms with Crippen LogP contribution in [-0.4, -0.2) is 21.8 Å². The molecule has 0 heterocycles. The molecular formula is C12H18BrN4S2-. The van der Waals surface area contributed by atoms with Crippen molar-refractivity contribution in [3.8, 4) is 0 Å². The summed E-state index contributed by atoms with van der Waals surface area (Å²) in [5.41, 5.74) is 13.1.